The molecule has 1 aromatic rings. The van der Waals surface area contributed by atoms with Crippen molar-refractivity contribution in [2.75, 3.05) is 13.2 Å². The van der Waals surface area contributed by atoms with E-state index in [1.165, 1.54) is 12.1 Å². The Hall–Kier alpha value is -1.62. The van der Waals surface area contributed by atoms with E-state index in [0.717, 1.165) is 19.3 Å². The number of nitrogens with two attached hydrogens (primary N) is 1. The lowest BCUT2D eigenvalue weighted by Gasteiger charge is -2.17. The molecule has 0 spiro atoms. The third-order valence-electron chi connectivity index (χ3n) is 3.51. The zero-order valence-electron chi connectivity index (χ0n) is 12.8. The predicted molar refractivity (Wildman–Crippen MR) is 81.6 cm³/mol. The lowest BCUT2D eigenvalue weighted by atomic mass is 9.99. The molecule has 4 nitrogen and oxygen atoms in total. The van der Waals surface area contributed by atoms with Gasteiger partial charge in [-0.05, 0) is 43.0 Å². The van der Waals surface area contributed by atoms with Crippen LogP contribution in [-0.2, 0) is 4.79 Å². The molecule has 0 saturated carbocycles. The summed E-state index contributed by atoms with van der Waals surface area (Å²) in [6.07, 6.45) is 2.52. The molecule has 0 fully saturated rings. The summed E-state index contributed by atoms with van der Waals surface area (Å²) in [5, 5.41) is 2.83. The monoisotopic (exact) mass is 296 g/mol. The van der Waals surface area contributed by atoms with Gasteiger partial charge in [0.2, 0.25) is 5.91 Å². The Balaban J connectivity index is 2.09. The van der Waals surface area contributed by atoms with Gasteiger partial charge in [-0.2, -0.15) is 0 Å². The summed E-state index contributed by atoms with van der Waals surface area (Å²) in [5.41, 5.74) is 5.83. The average Bonchev–Trinajstić information content (AvgIpc) is 2.50. The summed E-state index contributed by atoms with van der Waals surface area (Å²) < 4.78 is 18.2. The molecule has 0 bridgehead atoms. The molecule has 1 amide bonds. The van der Waals surface area contributed by atoms with E-state index in [9.17, 15) is 9.18 Å². The van der Waals surface area contributed by atoms with E-state index in [1.54, 1.807) is 12.1 Å². The Kier molecular flexibility index (Phi) is 7.75. The number of hydrogen-bond donors (Lipinski definition) is 2. The third kappa shape index (κ3) is 6.58. The topological polar surface area (TPSA) is 64.4 Å². The summed E-state index contributed by atoms with van der Waals surface area (Å²) in [7, 11) is 0. The van der Waals surface area contributed by atoms with Crippen LogP contribution in [0.4, 0.5) is 4.39 Å². The smallest absolute Gasteiger partial charge is 0.237 e. The molecule has 1 rings (SSSR count). The Labute approximate surface area is 125 Å². The van der Waals surface area contributed by atoms with E-state index in [1.807, 2.05) is 13.8 Å². The Bertz CT molecular complexity index is 423. The number of benzene rings is 1. The van der Waals surface area contributed by atoms with Crippen molar-refractivity contribution in [1.82, 2.24) is 5.32 Å². The molecule has 3 N–H and O–H groups in total. The van der Waals surface area contributed by atoms with E-state index in [0.29, 0.717) is 18.9 Å². The molecule has 1 aromatic carbocycles. The van der Waals surface area contributed by atoms with Gasteiger partial charge in [0.05, 0.1) is 12.6 Å². The minimum absolute atomic E-state index is 0.0937. The van der Waals surface area contributed by atoms with E-state index in [2.05, 4.69) is 5.32 Å². The van der Waals surface area contributed by atoms with Crippen molar-refractivity contribution in [3.05, 3.63) is 30.1 Å². The molecule has 0 aromatic heterocycles. The van der Waals surface area contributed by atoms with Crippen LogP contribution in [0.1, 0.15) is 33.1 Å². The SMILES string of the molecule is CCC(C)C(N)C(=O)NCCCCOc1ccc(F)cc1. The number of hydrogen-bond acceptors (Lipinski definition) is 3. The van der Waals surface area contributed by atoms with Gasteiger partial charge in [0.1, 0.15) is 11.6 Å². The number of rotatable bonds is 9. The van der Waals surface area contributed by atoms with Crippen molar-refractivity contribution in [2.24, 2.45) is 11.7 Å². The predicted octanol–water partition coefficient (Wildman–Crippen LogP) is 2.47. The van der Waals surface area contributed by atoms with Crippen molar-refractivity contribution in [3.8, 4) is 5.75 Å². The maximum Gasteiger partial charge on any atom is 0.237 e. The molecular weight excluding hydrogens is 271 g/mol. The van der Waals surface area contributed by atoms with Gasteiger partial charge in [-0.15, -0.1) is 0 Å². The zero-order chi connectivity index (χ0) is 15.7. The maximum atomic E-state index is 12.7. The van der Waals surface area contributed by atoms with Gasteiger partial charge in [-0.1, -0.05) is 20.3 Å². The summed E-state index contributed by atoms with van der Waals surface area (Å²) in [4.78, 5) is 11.7. The molecule has 2 atom stereocenters. The highest BCUT2D eigenvalue weighted by molar-refractivity contribution is 5.81. The quantitative estimate of drug-likeness (QED) is 0.688. The number of carbonyl (C=O) groups excluding carboxylic acids is 1. The standard InChI is InChI=1S/C16H25FN2O2/c1-3-12(2)15(18)16(20)19-10-4-5-11-21-14-8-6-13(17)7-9-14/h6-9,12,15H,3-5,10-11,18H2,1-2H3,(H,19,20). The van der Waals surface area contributed by atoms with E-state index >= 15 is 0 Å². The number of amides is 1. The number of halogens is 1. The first kappa shape index (κ1) is 17.4. The van der Waals surface area contributed by atoms with Crippen LogP contribution in [-0.4, -0.2) is 25.1 Å². The molecule has 5 heteroatoms. The van der Waals surface area contributed by atoms with Crippen molar-refractivity contribution in [2.45, 2.75) is 39.2 Å². The lowest BCUT2D eigenvalue weighted by Crippen LogP contribution is -2.44. The van der Waals surface area contributed by atoms with Crippen molar-refractivity contribution in [3.63, 3.8) is 0 Å². The first-order valence-corrected chi connectivity index (χ1v) is 7.46. The van der Waals surface area contributed by atoms with Crippen molar-refractivity contribution < 1.29 is 13.9 Å². The second-order valence-electron chi connectivity index (χ2n) is 5.21. The van der Waals surface area contributed by atoms with Crippen LogP contribution in [0.15, 0.2) is 24.3 Å². The normalized spacial score (nSPS) is 13.5. The highest BCUT2D eigenvalue weighted by atomic mass is 19.1. The number of ether oxygens (including phenoxy) is 1. The third-order valence-corrected chi connectivity index (χ3v) is 3.51. The Morgan fingerprint density at radius 3 is 2.62 bits per heavy atom. The fraction of sp³-hybridized carbons (Fsp3) is 0.562. The van der Waals surface area contributed by atoms with Gasteiger partial charge in [-0.25, -0.2) is 4.39 Å². The second kappa shape index (κ2) is 9.34. The summed E-state index contributed by atoms with van der Waals surface area (Å²) in [6.45, 7) is 5.13. The highest BCUT2D eigenvalue weighted by Crippen LogP contribution is 2.11. The second-order valence-corrected chi connectivity index (χ2v) is 5.21. The number of carbonyl (C=O) groups is 1. The fourth-order valence-corrected chi connectivity index (χ4v) is 1.79. The van der Waals surface area contributed by atoms with Crippen LogP contribution < -0.4 is 15.8 Å². The van der Waals surface area contributed by atoms with Crippen molar-refractivity contribution in [1.29, 1.82) is 0 Å². The van der Waals surface area contributed by atoms with Crippen LogP contribution in [0.3, 0.4) is 0 Å². The van der Waals surface area contributed by atoms with Crippen LogP contribution in [0, 0.1) is 11.7 Å². The zero-order valence-corrected chi connectivity index (χ0v) is 12.8. The lowest BCUT2D eigenvalue weighted by molar-refractivity contribution is -0.123. The van der Waals surface area contributed by atoms with Gasteiger partial charge in [0.25, 0.3) is 0 Å². The van der Waals surface area contributed by atoms with Crippen molar-refractivity contribution >= 4 is 5.91 Å². The van der Waals surface area contributed by atoms with E-state index in [-0.39, 0.29) is 17.6 Å². The van der Waals surface area contributed by atoms with Crippen LogP contribution in [0.2, 0.25) is 0 Å². The summed E-state index contributed by atoms with van der Waals surface area (Å²) >= 11 is 0. The maximum absolute atomic E-state index is 12.7. The molecule has 118 valence electrons. The van der Waals surface area contributed by atoms with Gasteiger partial charge < -0.3 is 15.8 Å². The molecule has 0 radical (unpaired) electrons. The molecule has 0 saturated heterocycles. The van der Waals surface area contributed by atoms with Gasteiger partial charge in [-0.3, -0.25) is 4.79 Å². The number of nitrogens with one attached hydrogen (secondary N) is 1. The Morgan fingerprint density at radius 2 is 2.00 bits per heavy atom. The molecule has 0 aliphatic carbocycles. The molecule has 0 aliphatic heterocycles. The van der Waals surface area contributed by atoms with E-state index in [4.69, 9.17) is 10.5 Å². The van der Waals surface area contributed by atoms with E-state index < -0.39 is 6.04 Å². The van der Waals surface area contributed by atoms with Crippen LogP contribution >= 0.6 is 0 Å². The fourth-order valence-electron chi connectivity index (χ4n) is 1.79. The Morgan fingerprint density at radius 1 is 1.33 bits per heavy atom. The molecule has 21 heavy (non-hydrogen) atoms. The first-order valence-electron chi connectivity index (χ1n) is 7.46. The van der Waals surface area contributed by atoms with Crippen LogP contribution in [0.5, 0.6) is 5.75 Å². The van der Waals surface area contributed by atoms with Crippen LogP contribution in [0.25, 0.3) is 0 Å². The molecule has 0 aliphatic rings. The number of unbranched alkanes of at least 4 members (excludes halogenated alkanes) is 1. The highest BCUT2D eigenvalue weighted by Gasteiger charge is 2.18. The largest absolute Gasteiger partial charge is 0.494 e. The summed E-state index contributed by atoms with van der Waals surface area (Å²) in [6, 6.07) is 5.49. The molecular formula is C16H25FN2O2. The summed E-state index contributed by atoms with van der Waals surface area (Å²) in [5.74, 6) is 0.470. The minimum atomic E-state index is -0.439. The van der Waals surface area contributed by atoms with Gasteiger partial charge >= 0.3 is 0 Å². The minimum Gasteiger partial charge on any atom is -0.494 e. The van der Waals surface area contributed by atoms with Gasteiger partial charge in [0, 0.05) is 6.54 Å². The first-order chi connectivity index (χ1) is 10.0. The van der Waals surface area contributed by atoms with Gasteiger partial charge in [0.15, 0.2) is 0 Å². The molecule has 2 unspecified atom stereocenters. The molecule has 0 heterocycles. The average molecular weight is 296 g/mol.